The molecule has 6 heteroatoms. The van der Waals surface area contributed by atoms with Gasteiger partial charge in [-0.1, -0.05) is 0 Å². The Morgan fingerprint density at radius 1 is 1.53 bits per heavy atom. The third kappa shape index (κ3) is 5.34. The number of aromatic amines is 1. The molecule has 0 unspecified atom stereocenters. The molecule has 1 heterocycles. The highest BCUT2D eigenvalue weighted by Crippen LogP contribution is 1.90. The molecule has 0 bridgehead atoms. The van der Waals surface area contributed by atoms with E-state index >= 15 is 0 Å². The monoisotopic (exact) mass is 228 g/mol. The number of hydrogen-bond acceptors (Lipinski definition) is 3. The number of hydrogen-bond donors (Lipinski definition) is 3. The van der Waals surface area contributed by atoms with Crippen molar-refractivity contribution in [2.24, 2.45) is 0 Å². The van der Waals surface area contributed by atoms with Crippen LogP contribution < -0.4 is 10.6 Å². The third-order valence-electron chi connectivity index (χ3n) is 1.83. The van der Waals surface area contributed by atoms with E-state index in [1.54, 1.807) is 13.4 Å². The van der Waals surface area contributed by atoms with Gasteiger partial charge in [0, 0.05) is 38.5 Å². The molecule has 0 radical (unpaired) electrons. The standard InChI is InChI=1S/C9H16N4OS/c1-14-5-4-12-9(15)11-3-2-8-6-10-7-13-8/h6-7H,2-5H2,1H3,(H,10,13)(H2,11,12,15). The van der Waals surface area contributed by atoms with Crippen LogP contribution in [0.2, 0.25) is 0 Å². The van der Waals surface area contributed by atoms with Gasteiger partial charge < -0.3 is 20.4 Å². The summed E-state index contributed by atoms with van der Waals surface area (Å²) in [6.07, 6.45) is 4.36. The van der Waals surface area contributed by atoms with E-state index in [1.807, 2.05) is 6.20 Å². The van der Waals surface area contributed by atoms with Gasteiger partial charge in [0.1, 0.15) is 0 Å². The largest absolute Gasteiger partial charge is 0.383 e. The Kier molecular flexibility index (Phi) is 5.72. The first kappa shape index (κ1) is 11.9. The molecule has 1 rings (SSSR count). The Balaban J connectivity index is 2.02. The minimum atomic E-state index is 0.655. The Labute approximate surface area is 94.6 Å². The van der Waals surface area contributed by atoms with Gasteiger partial charge >= 0.3 is 0 Å². The second-order valence-electron chi connectivity index (χ2n) is 3.00. The lowest BCUT2D eigenvalue weighted by Crippen LogP contribution is -2.37. The van der Waals surface area contributed by atoms with Crippen molar-refractivity contribution in [3.63, 3.8) is 0 Å². The summed E-state index contributed by atoms with van der Waals surface area (Å²) < 4.78 is 4.89. The van der Waals surface area contributed by atoms with Crippen LogP contribution in [0.3, 0.4) is 0 Å². The summed E-state index contributed by atoms with van der Waals surface area (Å²) in [6.45, 7) is 2.18. The van der Waals surface area contributed by atoms with Crippen LogP contribution in [0.1, 0.15) is 5.69 Å². The smallest absolute Gasteiger partial charge is 0.166 e. The lowest BCUT2D eigenvalue weighted by molar-refractivity contribution is 0.204. The van der Waals surface area contributed by atoms with Crippen LogP contribution in [0.5, 0.6) is 0 Å². The molecule has 0 aliphatic heterocycles. The Morgan fingerprint density at radius 3 is 3.00 bits per heavy atom. The van der Waals surface area contributed by atoms with E-state index in [0.29, 0.717) is 11.7 Å². The molecule has 0 saturated carbocycles. The predicted molar refractivity (Wildman–Crippen MR) is 62.8 cm³/mol. The predicted octanol–water partition coefficient (Wildman–Crippen LogP) is 0.0627. The third-order valence-corrected chi connectivity index (χ3v) is 2.12. The van der Waals surface area contributed by atoms with Gasteiger partial charge in [-0.2, -0.15) is 0 Å². The Bertz CT molecular complexity index is 276. The molecule has 84 valence electrons. The number of thiocarbonyl (C=S) groups is 1. The SMILES string of the molecule is COCCNC(=S)NCCc1cnc[nH]1. The lowest BCUT2D eigenvalue weighted by Gasteiger charge is -2.09. The number of ether oxygens (including phenoxy) is 1. The maximum atomic E-state index is 5.06. The van der Waals surface area contributed by atoms with Crippen LogP contribution in [-0.2, 0) is 11.2 Å². The Hall–Kier alpha value is -1.14. The molecule has 0 atom stereocenters. The molecular weight excluding hydrogens is 212 g/mol. The first-order chi connectivity index (χ1) is 7.33. The summed E-state index contributed by atoms with van der Waals surface area (Å²) >= 11 is 5.06. The van der Waals surface area contributed by atoms with Crippen molar-refractivity contribution in [2.75, 3.05) is 26.8 Å². The van der Waals surface area contributed by atoms with Crippen molar-refractivity contribution < 1.29 is 4.74 Å². The average molecular weight is 228 g/mol. The second-order valence-corrected chi connectivity index (χ2v) is 3.41. The normalized spacial score (nSPS) is 9.93. The summed E-state index contributed by atoms with van der Waals surface area (Å²) in [5, 5.41) is 6.79. The van der Waals surface area contributed by atoms with E-state index in [4.69, 9.17) is 17.0 Å². The quantitative estimate of drug-likeness (QED) is 0.475. The van der Waals surface area contributed by atoms with E-state index in [-0.39, 0.29) is 0 Å². The molecular formula is C9H16N4OS. The van der Waals surface area contributed by atoms with E-state index in [9.17, 15) is 0 Å². The van der Waals surface area contributed by atoms with Gasteiger partial charge in [0.25, 0.3) is 0 Å². The van der Waals surface area contributed by atoms with Crippen LogP contribution in [0.25, 0.3) is 0 Å². The molecule has 0 fully saturated rings. The van der Waals surface area contributed by atoms with Crippen molar-refractivity contribution in [1.29, 1.82) is 0 Å². The maximum absolute atomic E-state index is 5.06. The number of H-pyrrole nitrogens is 1. The van der Waals surface area contributed by atoms with E-state index in [0.717, 1.165) is 25.2 Å². The van der Waals surface area contributed by atoms with Gasteiger partial charge in [-0.25, -0.2) is 4.98 Å². The van der Waals surface area contributed by atoms with Crippen molar-refractivity contribution in [2.45, 2.75) is 6.42 Å². The van der Waals surface area contributed by atoms with Crippen molar-refractivity contribution in [3.8, 4) is 0 Å². The summed E-state index contributed by atoms with van der Waals surface area (Å²) in [5.41, 5.74) is 1.10. The summed E-state index contributed by atoms with van der Waals surface area (Å²) in [4.78, 5) is 6.96. The minimum absolute atomic E-state index is 0.655. The zero-order valence-electron chi connectivity index (χ0n) is 8.75. The van der Waals surface area contributed by atoms with Gasteiger partial charge in [0.2, 0.25) is 0 Å². The molecule has 5 nitrogen and oxygen atoms in total. The molecule has 0 aliphatic carbocycles. The van der Waals surface area contributed by atoms with Crippen molar-refractivity contribution in [3.05, 3.63) is 18.2 Å². The molecule has 1 aromatic rings. The van der Waals surface area contributed by atoms with Crippen LogP contribution in [0, 0.1) is 0 Å². The second kappa shape index (κ2) is 7.19. The van der Waals surface area contributed by atoms with Gasteiger partial charge in [0.15, 0.2) is 5.11 Å². The maximum Gasteiger partial charge on any atom is 0.166 e. The summed E-state index contributed by atoms with van der Waals surface area (Å²) in [6, 6.07) is 0. The minimum Gasteiger partial charge on any atom is -0.383 e. The van der Waals surface area contributed by atoms with Crippen LogP contribution in [0.4, 0.5) is 0 Å². The van der Waals surface area contributed by atoms with Gasteiger partial charge in [-0.3, -0.25) is 0 Å². The molecule has 0 spiro atoms. The summed E-state index contributed by atoms with van der Waals surface area (Å²) in [5.74, 6) is 0. The summed E-state index contributed by atoms with van der Waals surface area (Å²) in [7, 11) is 1.66. The first-order valence-corrected chi connectivity index (χ1v) is 5.21. The van der Waals surface area contributed by atoms with Crippen LogP contribution in [0.15, 0.2) is 12.5 Å². The Morgan fingerprint density at radius 2 is 2.33 bits per heavy atom. The topological polar surface area (TPSA) is 62.0 Å². The number of nitrogens with one attached hydrogen (secondary N) is 3. The number of rotatable bonds is 6. The van der Waals surface area contributed by atoms with E-state index < -0.39 is 0 Å². The first-order valence-electron chi connectivity index (χ1n) is 4.81. The molecule has 3 N–H and O–H groups in total. The van der Waals surface area contributed by atoms with Crippen LogP contribution in [-0.4, -0.2) is 41.9 Å². The molecule has 0 aromatic carbocycles. The zero-order valence-corrected chi connectivity index (χ0v) is 9.56. The average Bonchev–Trinajstić information content (AvgIpc) is 2.71. The fraction of sp³-hybridized carbons (Fsp3) is 0.556. The fourth-order valence-corrected chi connectivity index (χ4v) is 1.27. The van der Waals surface area contributed by atoms with Crippen LogP contribution >= 0.6 is 12.2 Å². The molecule has 0 aliphatic rings. The van der Waals surface area contributed by atoms with Gasteiger partial charge in [0.05, 0.1) is 12.9 Å². The highest BCUT2D eigenvalue weighted by Gasteiger charge is 1.96. The molecule has 0 amide bonds. The lowest BCUT2D eigenvalue weighted by atomic mass is 10.3. The highest BCUT2D eigenvalue weighted by molar-refractivity contribution is 7.80. The van der Waals surface area contributed by atoms with Crippen molar-refractivity contribution >= 4 is 17.3 Å². The highest BCUT2D eigenvalue weighted by atomic mass is 32.1. The fourth-order valence-electron chi connectivity index (χ4n) is 1.06. The zero-order chi connectivity index (χ0) is 10.9. The van der Waals surface area contributed by atoms with Crippen molar-refractivity contribution in [1.82, 2.24) is 20.6 Å². The molecule has 0 saturated heterocycles. The van der Waals surface area contributed by atoms with E-state index in [2.05, 4.69) is 20.6 Å². The number of nitrogens with zero attached hydrogens (tertiary/aromatic N) is 1. The van der Waals surface area contributed by atoms with E-state index in [1.165, 1.54) is 0 Å². The molecule has 15 heavy (non-hydrogen) atoms. The van der Waals surface area contributed by atoms with Gasteiger partial charge in [-0.05, 0) is 12.2 Å². The van der Waals surface area contributed by atoms with Gasteiger partial charge in [-0.15, -0.1) is 0 Å². The number of aromatic nitrogens is 2. The number of methoxy groups -OCH3 is 1. The number of imidazole rings is 1. The molecule has 1 aromatic heterocycles.